The minimum Gasteiger partial charge on any atom is -0.504 e. The van der Waals surface area contributed by atoms with E-state index in [1.807, 2.05) is 24.3 Å². The second-order valence-corrected chi connectivity index (χ2v) is 5.25. The molecule has 1 amide bonds. The number of phenolic OH excluding ortho intramolecular Hbond substituents is 2. The van der Waals surface area contributed by atoms with Gasteiger partial charge < -0.3 is 15.5 Å². The summed E-state index contributed by atoms with van der Waals surface area (Å²) in [5.74, 6) is -0.554. The van der Waals surface area contributed by atoms with Crippen LogP contribution in [0.4, 0.5) is 0 Å². The molecule has 0 saturated carbocycles. The number of pyridine rings is 1. The van der Waals surface area contributed by atoms with E-state index in [-0.39, 0.29) is 17.4 Å². The number of rotatable bonds is 4. The van der Waals surface area contributed by atoms with Crippen LogP contribution in [0.2, 0.25) is 0 Å². The smallest absolute Gasteiger partial charge is 0.269 e. The Kier molecular flexibility index (Phi) is 4.10. The van der Waals surface area contributed by atoms with Gasteiger partial charge in [-0.25, -0.2) is 0 Å². The van der Waals surface area contributed by atoms with Gasteiger partial charge in [0, 0.05) is 18.1 Å². The zero-order chi connectivity index (χ0) is 16.2. The maximum absolute atomic E-state index is 12.1. The van der Waals surface area contributed by atoms with Crippen LogP contribution in [0.15, 0.2) is 54.7 Å². The summed E-state index contributed by atoms with van der Waals surface area (Å²) < 4.78 is 0. The SMILES string of the molecule is O=C(NCCc1ccc(O)c(O)c1)c1cc2ccccc2cn1. The number of carbonyl (C=O) groups is 1. The number of carbonyl (C=O) groups excluding carboxylic acids is 1. The number of fused-ring (bicyclic) bond motifs is 1. The third-order valence-electron chi connectivity index (χ3n) is 3.60. The fourth-order valence-electron chi connectivity index (χ4n) is 2.34. The molecule has 116 valence electrons. The Hall–Kier alpha value is -3.08. The van der Waals surface area contributed by atoms with Gasteiger partial charge in [-0.2, -0.15) is 0 Å². The van der Waals surface area contributed by atoms with Crippen LogP contribution in [0.1, 0.15) is 16.1 Å². The minimum absolute atomic E-state index is 0.154. The number of benzene rings is 2. The molecule has 3 aromatic rings. The maximum Gasteiger partial charge on any atom is 0.269 e. The van der Waals surface area contributed by atoms with Crippen molar-refractivity contribution in [1.29, 1.82) is 0 Å². The highest BCUT2D eigenvalue weighted by Gasteiger charge is 2.08. The second-order valence-electron chi connectivity index (χ2n) is 5.25. The van der Waals surface area contributed by atoms with Crippen molar-refractivity contribution in [3.8, 4) is 11.5 Å². The lowest BCUT2D eigenvalue weighted by atomic mass is 10.1. The monoisotopic (exact) mass is 308 g/mol. The molecule has 0 radical (unpaired) electrons. The normalized spacial score (nSPS) is 10.6. The van der Waals surface area contributed by atoms with Crippen molar-refractivity contribution in [2.75, 3.05) is 6.54 Å². The summed E-state index contributed by atoms with van der Waals surface area (Å²) in [6, 6.07) is 14.1. The van der Waals surface area contributed by atoms with Gasteiger partial charge in [-0.15, -0.1) is 0 Å². The average molecular weight is 308 g/mol. The summed E-state index contributed by atoms with van der Waals surface area (Å²) >= 11 is 0. The lowest BCUT2D eigenvalue weighted by Crippen LogP contribution is -2.26. The summed E-state index contributed by atoms with van der Waals surface area (Å²) in [5, 5.41) is 23.5. The molecule has 0 unspecified atom stereocenters. The van der Waals surface area contributed by atoms with Crippen molar-refractivity contribution in [2.45, 2.75) is 6.42 Å². The molecule has 0 fully saturated rings. The Morgan fingerprint density at radius 3 is 2.57 bits per heavy atom. The van der Waals surface area contributed by atoms with Gasteiger partial charge in [-0.05, 0) is 35.6 Å². The van der Waals surface area contributed by atoms with Crippen molar-refractivity contribution in [1.82, 2.24) is 10.3 Å². The predicted octanol–water partition coefficient (Wildman–Crippen LogP) is 2.62. The summed E-state index contributed by atoms with van der Waals surface area (Å²) in [5.41, 5.74) is 1.20. The number of nitrogens with zero attached hydrogens (tertiary/aromatic N) is 1. The third kappa shape index (κ3) is 3.40. The molecule has 0 aliphatic rings. The molecule has 0 atom stereocenters. The van der Waals surface area contributed by atoms with Gasteiger partial charge in [0.25, 0.3) is 5.91 Å². The van der Waals surface area contributed by atoms with E-state index in [1.54, 1.807) is 18.3 Å². The molecule has 3 rings (SSSR count). The molecule has 0 spiro atoms. The van der Waals surface area contributed by atoms with Crippen LogP contribution in [0, 0.1) is 0 Å². The zero-order valence-electron chi connectivity index (χ0n) is 12.4. The van der Waals surface area contributed by atoms with Gasteiger partial charge in [0.2, 0.25) is 0 Å². The van der Waals surface area contributed by atoms with Gasteiger partial charge >= 0.3 is 0 Å². The van der Waals surface area contributed by atoms with Crippen molar-refractivity contribution >= 4 is 16.7 Å². The highest BCUT2D eigenvalue weighted by atomic mass is 16.3. The summed E-state index contributed by atoms with van der Waals surface area (Å²) in [7, 11) is 0. The van der Waals surface area contributed by atoms with Crippen LogP contribution >= 0.6 is 0 Å². The molecular formula is C18H16N2O3. The molecule has 0 aliphatic heterocycles. The molecule has 0 aliphatic carbocycles. The first kappa shape index (κ1) is 14.8. The van der Waals surface area contributed by atoms with Gasteiger partial charge in [0.05, 0.1) is 0 Å². The van der Waals surface area contributed by atoms with E-state index in [0.717, 1.165) is 16.3 Å². The number of aromatic hydroxyl groups is 2. The van der Waals surface area contributed by atoms with E-state index >= 15 is 0 Å². The summed E-state index contributed by atoms with van der Waals surface area (Å²) in [4.78, 5) is 16.3. The van der Waals surface area contributed by atoms with E-state index in [0.29, 0.717) is 18.7 Å². The van der Waals surface area contributed by atoms with Crippen molar-refractivity contribution in [3.05, 3.63) is 66.0 Å². The first-order valence-corrected chi connectivity index (χ1v) is 7.27. The quantitative estimate of drug-likeness (QED) is 0.647. The Morgan fingerprint density at radius 2 is 1.78 bits per heavy atom. The number of hydrogen-bond donors (Lipinski definition) is 3. The predicted molar refractivity (Wildman–Crippen MR) is 87.6 cm³/mol. The number of hydrogen-bond acceptors (Lipinski definition) is 4. The highest BCUT2D eigenvalue weighted by Crippen LogP contribution is 2.24. The van der Waals surface area contributed by atoms with Gasteiger partial charge in [-0.3, -0.25) is 9.78 Å². The first-order valence-electron chi connectivity index (χ1n) is 7.27. The van der Waals surface area contributed by atoms with Crippen molar-refractivity contribution in [3.63, 3.8) is 0 Å². The van der Waals surface area contributed by atoms with Gasteiger partial charge in [0.1, 0.15) is 5.69 Å². The Labute approximate surface area is 133 Å². The van der Waals surface area contributed by atoms with Crippen LogP contribution in [0.25, 0.3) is 10.8 Å². The second kappa shape index (κ2) is 6.36. The van der Waals surface area contributed by atoms with Crippen LogP contribution in [-0.4, -0.2) is 27.6 Å². The van der Waals surface area contributed by atoms with E-state index in [2.05, 4.69) is 10.3 Å². The molecule has 2 aromatic carbocycles. The van der Waals surface area contributed by atoms with Gasteiger partial charge in [0.15, 0.2) is 11.5 Å². The molecule has 3 N–H and O–H groups in total. The molecule has 0 bridgehead atoms. The van der Waals surface area contributed by atoms with Crippen LogP contribution in [-0.2, 0) is 6.42 Å². The number of amides is 1. The number of phenols is 2. The standard InChI is InChI=1S/C18H16N2O3/c21-16-6-5-12(9-17(16)22)7-8-19-18(23)15-10-13-3-1-2-4-14(13)11-20-15/h1-6,9-11,21-22H,7-8H2,(H,19,23). The zero-order valence-corrected chi connectivity index (χ0v) is 12.4. The average Bonchev–Trinajstić information content (AvgIpc) is 2.57. The van der Waals surface area contributed by atoms with E-state index in [4.69, 9.17) is 0 Å². The van der Waals surface area contributed by atoms with E-state index in [9.17, 15) is 15.0 Å². The molecule has 1 aromatic heterocycles. The lowest BCUT2D eigenvalue weighted by molar-refractivity contribution is 0.0949. The molecular weight excluding hydrogens is 292 g/mol. The van der Waals surface area contributed by atoms with E-state index in [1.165, 1.54) is 12.1 Å². The fourth-order valence-corrected chi connectivity index (χ4v) is 2.34. The highest BCUT2D eigenvalue weighted by molar-refractivity contribution is 5.96. The molecule has 23 heavy (non-hydrogen) atoms. The first-order chi connectivity index (χ1) is 11.1. The van der Waals surface area contributed by atoms with Crippen molar-refractivity contribution < 1.29 is 15.0 Å². The largest absolute Gasteiger partial charge is 0.504 e. The number of nitrogens with one attached hydrogen (secondary N) is 1. The molecule has 5 nitrogen and oxygen atoms in total. The van der Waals surface area contributed by atoms with Crippen molar-refractivity contribution in [2.24, 2.45) is 0 Å². The molecule has 1 heterocycles. The minimum atomic E-state index is -0.237. The number of aromatic nitrogens is 1. The Bertz CT molecular complexity index is 862. The van der Waals surface area contributed by atoms with Crippen LogP contribution < -0.4 is 5.32 Å². The Morgan fingerprint density at radius 1 is 1.00 bits per heavy atom. The van der Waals surface area contributed by atoms with Gasteiger partial charge in [-0.1, -0.05) is 30.3 Å². The van der Waals surface area contributed by atoms with Crippen LogP contribution in [0.3, 0.4) is 0 Å². The summed E-state index contributed by atoms with van der Waals surface area (Å²) in [6.07, 6.45) is 2.23. The molecule has 5 heteroatoms. The molecule has 0 saturated heterocycles. The fraction of sp³-hybridized carbons (Fsp3) is 0.111. The topological polar surface area (TPSA) is 82.5 Å². The van der Waals surface area contributed by atoms with Crippen LogP contribution in [0.5, 0.6) is 11.5 Å². The third-order valence-corrected chi connectivity index (χ3v) is 3.60. The van der Waals surface area contributed by atoms with E-state index < -0.39 is 0 Å². The Balaban J connectivity index is 1.62. The maximum atomic E-state index is 12.1. The summed E-state index contributed by atoms with van der Waals surface area (Å²) in [6.45, 7) is 0.414. The lowest BCUT2D eigenvalue weighted by Gasteiger charge is -2.07.